The standard InChI is InChI=1S/C18H28O4/c1-11(2)18-21-10-16(17(22-18)14(5)19)20-9-15-12(3)7-6-8-13(15)4/h6-8,11,14,16-19H,9-10H2,1-5H3/t14?,16-,17-,18+/m1/s1. The van der Waals surface area contributed by atoms with E-state index >= 15 is 0 Å². The molecule has 1 fully saturated rings. The van der Waals surface area contributed by atoms with Gasteiger partial charge in [-0.15, -0.1) is 0 Å². The van der Waals surface area contributed by atoms with Crippen molar-refractivity contribution in [3.05, 3.63) is 34.9 Å². The summed E-state index contributed by atoms with van der Waals surface area (Å²) in [5.41, 5.74) is 3.62. The fourth-order valence-electron chi connectivity index (χ4n) is 2.75. The minimum absolute atomic E-state index is 0.251. The van der Waals surface area contributed by atoms with Crippen molar-refractivity contribution >= 4 is 0 Å². The van der Waals surface area contributed by atoms with Crippen LogP contribution in [-0.2, 0) is 20.8 Å². The lowest BCUT2D eigenvalue weighted by Gasteiger charge is -2.39. The number of ether oxygens (including phenoxy) is 3. The maximum Gasteiger partial charge on any atom is 0.160 e. The Morgan fingerprint density at radius 1 is 1.23 bits per heavy atom. The molecule has 0 bridgehead atoms. The molecule has 1 heterocycles. The van der Waals surface area contributed by atoms with Crippen LogP contribution in [-0.4, -0.2) is 36.3 Å². The summed E-state index contributed by atoms with van der Waals surface area (Å²) >= 11 is 0. The van der Waals surface area contributed by atoms with Gasteiger partial charge in [-0.1, -0.05) is 32.0 Å². The van der Waals surface area contributed by atoms with E-state index in [4.69, 9.17) is 14.2 Å². The van der Waals surface area contributed by atoms with E-state index in [0.717, 1.165) is 0 Å². The Morgan fingerprint density at radius 3 is 2.41 bits per heavy atom. The van der Waals surface area contributed by atoms with E-state index in [2.05, 4.69) is 26.0 Å². The molecule has 1 aliphatic heterocycles. The van der Waals surface area contributed by atoms with E-state index in [9.17, 15) is 5.11 Å². The lowest BCUT2D eigenvalue weighted by atomic mass is 10.0. The van der Waals surface area contributed by atoms with E-state index in [1.807, 2.05) is 19.9 Å². The van der Waals surface area contributed by atoms with Crippen molar-refractivity contribution in [2.75, 3.05) is 6.61 Å². The van der Waals surface area contributed by atoms with Crippen molar-refractivity contribution in [3.8, 4) is 0 Å². The van der Waals surface area contributed by atoms with Crippen LogP contribution in [0.5, 0.6) is 0 Å². The van der Waals surface area contributed by atoms with Gasteiger partial charge in [0.05, 0.1) is 19.3 Å². The van der Waals surface area contributed by atoms with Gasteiger partial charge in [-0.2, -0.15) is 0 Å². The summed E-state index contributed by atoms with van der Waals surface area (Å²) in [6, 6.07) is 6.22. The maximum absolute atomic E-state index is 9.99. The van der Waals surface area contributed by atoms with Gasteiger partial charge >= 0.3 is 0 Å². The number of aliphatic hydroxyl groups excluding tert-OH is 1. The molecule has 0 spiro atoms. The first-order valence-corrected chi connectivity index (χ1v) is 8.02. The fourth-order valence-corrected chi connectivity index (χ4v) is 2.75. The number of aliphatic hydroxyl groups is 1. The predicted molar refractivity (Wildman–Crippen MR) is 85.6 cm³/mol. The predicted octanol–water partition coefficient (Wildman–Crippen LogP) is 2.97. The topological polar surface area (TPSA) is 47.9 Å². The van der Waals surface area contributed by atoms with Crippen molar-refractivity contribution < 1.29 is 19.3 Å². The fraction of sp³-hybridized carbons (Fsp3) is 0.667. The highest BCUT2D eigenvalue weighted by Crippen LogP contribution is 2.25. The summed E-state index contributed by atoms with van der Waals surface area (Å²) in [5.74, 6) is 0.251. The molecule has 0 amide bonds. The van der Waals surface area contributed by atoms with Crippen LogP contribution in [0, 0.1) is 19.8 Å². The van der Waals surface area contributed by atoms with Gasteiger partial charge in [0.2, 0.25) is 0 Å². The molecule has 4 heteroatoms. The zero-order chi connectivity index (χ0) is 16.3. The monoisotopic (exact) mass is 308 g/mol. The average Bonchev–Trinajstić information content (AvgIpc) is 2.46. The number of hydrogen-bond acceptors (Lipinski definition) is 4. The second-order valence-electron chi connectivity index (χ2n) is 6.51. The van der Waals surface area contributed by atoms with Crippen LogP contribution in [0.1, 0.15) is 37.5 Å². The Morgan fingerprint density at radius 2 is 1.86 bits per heavy atom. The molecular weight excluding hydrogens is 280 g/mol. The highest BCUT2D eigenvalue weighted by Gasteiger charge is 2.36. The molecule has 1 aliphatic rings. The van der Waals surface area contributed by atoms with E-state index in [1.54, 1.807) is 6.92 Å². The second kappa shape index (κ2) is 7.55. The van der Waals surface area contributed by atoms with E-state index < -0.39 is 6.10 Å². The number of benzene rings is 1. The molecule has 1 aromatic carbocycles. The third kappa shape index (κ3) is 4.07. The van der Waals surface area contributed by atoms with E-state index in [0.29, 0.717) is 13.2 Å². The first kappa shape index (κ1) is 17.4. The van der Waals surface area contributed by atoms with Crippen molar-refractivity contribution in [1.29, 1.82) is 0 Å². The third-order valence-corrected chi connectivity index (χ3v) is 4.19. The van der Waals surface area contributed by atoms with Crippen LogP contribution >= 0.6 is 0 Å². The first-order valence-electron chi connectivity index (χ1n) is 8.02. The van der Waals surface area contributed by atoms with Gasteiger partial charge in [0.15, 0.2) is 6.29 Å². The molecule has 124 valence electrons. The Hall–Kier alpha value is -0.940. The van der Waals surface area contributed by atoms with Crippen molar-refractivity contribution in [2.45, 2.75) is 65.8 Å². The quantitative estimate of drug-likeness (QED) is 0.908. The molecule has 2 rings (SSSR count). The summed E-state index contributed by atoms with van der Waals surface area (Å²) in [6.07, 6.45) is -1.48. The molecule has 4 nitrogen and oxygen atoms in total. The Bertz CT molecular complexity index is 464. The molecule has 1 N–H and O–H groups in total. The molecule has 0 radical (unpaired) electrons. The number of hydrogen-bond donors (Lipinski definition) is 1. The zero-order valence-electron chi connectivity index (χ0n) is 14.2. The molecule has 0 saturated carbocycles. The van der Waals surface area contributed by atoms with Gasteiger partial charge in [0.1, 0.15) is 12.2 Å². The van der Waals surface area contributed by atoms with Gasteiger partial charge in [-0.25, -0.2) is 0 Å². The lowest BCUT2D eigenvalue weighted by Crippen LogP contribution is -2.51. The normalized spacial score (nSPS) is 27.1. The molecular formula is C18H28O4. The molecule has 0 aliphatic carbocycles. The van der Waals surface area contributed by atoms with Crippen LogP contribution < -0.4 is 0 Å². The highest BCUT2D eigenvalue weighted by atomic mass is 16.7. The molecule has 1 aromatic rings. The Labute approximate surface area is 133 Å². The van der Waals surface area contributed by atoms with Gasteiger partial charge < -0.3 is 19.3 Å². The van der Waals surface area contributed by atoms with Crippen molar-refractivity contribution in [3.63, 3.8) is 0 Å². The van der Waals surface area contributed by atoms with Crippen LogP contribution in [0.2, 0.25) is 0 Å². The largest absolute Gasteiger partial charge is 0.391 e. The summed E-state index contributed by atoms with van der Waals surface area (Å²) in [4.78, 5) is 0. The van der Waals surface area contributed by atoms with Crippen LogP contribution in [0.15, 0.2) is 18.2 Å². The van der Waals surface area contributed by atoms with Crippen LogP contribution in [0.25, 0.3) is 0 Å². The van der Waals surface area contributed by atoms with E-state index in [1.165, 1.54) is 16.7 Å². The SMILES string of the molecule is Cc1cccc(C)c1CO[C@@H]1CO[C@H](C(C)C)O[C@@H]1C(C)O. The summed E-state index contributed by atoms with van der Waals surface area (Å²) in [7, 11) is 0. The van der Waals surface area contributed by atoms with Crippen LogP contribution in [0.3, 0.4) is 0 Å². The van der Waals surface area contributed by atoms with E-state index in [-0.39, 0.29) is 24.4 Å². The molecule has 4 atom stereocenters. The third-order valence-electron chi connectivity index (χ3n) is 4.19. The lowest BCUT2D eigenvalue weighted by molar-refractivity contribution is -0.291. The van der Waals surface area contributed by atoms with Crippen molar-refractivity contribution in [1.82, 2.24) is 0 Å². The van der Waals surface area contributed by atoms with Crippen molar-refractivity contribution in [2.24, 2.45) is 5.92 Å². The molecule has 0 aromatic heterocycles. The van der Waals surface area contributed by atoms with Crippen LogP contribution in [0.4, 0.5) is 0 Å². The van der Waals surface area contributed by atoms with Gasteiger partial charge in [0.25, 0.3) is 0 Å². The summed E-state index contributed by atoms with van der Waals surface area (Å²) in [6.45, 7) is 10.9. The highest BCUT2D eigenvalue weighted by molar-refractivity contribution is 5.32. The zero-order valence-corrected chi connectivity index (χ0v) is 14.2. The second-order valence-corrected chi connectivity index (χ2v) is 6.51. The minimum Gasteiger partial charge on any atom is -0.391 e. The minimum atomic E-state index is -0.590. The van der Waals surface area contributed by atoms with Gasteiger partial charge in [0, 0.05) is 5.92 Å². The Balaban J connectivity index is 2.02. The molecule has 1 unspecified atom stereocenters. The number of aryl methyl sites for hydroxylation is 2. The first-order chi connectivity index (χ1) is 10.4. The smallest absolute Gasteiger partial charge is 0.160 e. The van der Waals surface area contributed by atoms with Gasteiger partial charge in [-0.3, -0.25) is 0 Å². The maximum atomic E-state index is 9.99. The van der Waals surface area contributed by atoms with Gasteiger partial charge in [-0.05, 0) is 37.5 Å². The summed E-state index contributed by atoms with van der Waals surface area (Å²) in [5, 5.41) is 9.99. The Kier molecular flexibility index (Phi) is 5.98. The molecule has 22 heavy (non-hydrogen) atoms. The molecule has 1 saturated heterocycles. The number of rotatable bonds is 5. The average molecular weight is 308 g/mol. The summed E-state index contributed by atoms with van der Waals surface area (Å²) < 4.78 is 17.6.